The lowest BCUT2D eigenvalue weighted by atomic mass is 9.87. The summed E-state index contributed by atoms with van der Waals surface area (Å²) in [6.07, 6.45) is 2.29. The third-order valence-electron chi connectivity index (χ3n) is 3.51. The molecule has 0 spiro atoms. The number of benzene rings is 1. The number of nitrogens with one attached hydrogen (secondary N) is 1. The Morgan fingerprint density at radius 1 is 1.18 bits per heavy atom. The summed E-state index contributed by atoms with van der Waals surface area (Å²) in [4.78, 5) is 0. The Bertz CT molecular complexity index is 345. The van der Waals surface area contributed by atoms with Crippen molar-refractivity contribution in [3.8, 4) is 0 Å². The summed E-state index contributed by atoms with van der Waals surface area (Å²) < 4.78 is 13.1. The average Bonchev–Trinajstić information content (AvgIpc) is 2.30. The zero-order valence-corrected chi connectivity index (χ0v) is 11.4. The van der Waals surface area contributed by atoms with Gasteiger partial charge in [-0.1, -0.05) is 39.7 Å². The highest BCUT2D eigenvalue weighted by atomic mass is 19.1. The first-order valence-corrected chi connectivity index (χ1v) is 6.63. The number of aryl methyl sites for hydroxylation is 1. The van der Waals surface area contributed by atoms with Crippen molar-refractivity contribution in [1.82, 2.24) is 5.32 Å². The fraction of sp³-hybridized carbons (Fsp3) is 0.600. The lowest BCUT2D eigenvalue weighted by Gasteiger charge is -2.28. The van der Waals surface area contributed by atoms with Crippen LogP contribution in [0.4, 0.5) is 4.39 Å². The first kappa shape index (κ1) is 14.2. The van der Waals surface area contributed by atoms with E-state index >= 15 is 0 Å². The van der Waals surface area contributed by atoms with Crippen LogP contribution in [-0.4, -0.2) is 6.54 Å². The molecule has 1 unspecified atom stereocenters. The van der Waals surface area contributed by atoms with E-state index in [4.69, 9.17) is 0 Å². The molecule has 1 rings (SSSR count). The quantitative estimate of drug-likeness (QED) is 0.781. The van der Waals surface area contributed by atoms with Gasteiger partial charge in [0.25, 0.3) is 0 Å². The van der Waals surface area contributed by atoms with Crippen molar-refractivity contribution in [3.63, 3.8) is 0 Å². The first-order valence-electron chi connectivity index (χ1n) is 6.63. The molecular weight excluding hydrogens is 213 g/mol. The molecule has 17 heavy (non-hydrogen) atoms. The standard InChI is InChI=1S/C15H24FN/c1-5-12(6-2)15(17-7-3)14-9-8-13(16)10-11(14)4/h8-10,12,15,17H,5-7H2,1-4H3. The van der Waals surface area contributed by atoms with E-state index in [0.29, 0.717) is 12.0 Å². The fourth-order valence-corrected chi connectivity index (χ4v) is 2.50. The topological polar surface area (TPSA) is 12.0 Å². The average molecular weight is 237 g/mol. The Morgan fingerprint density at radius 3 is 2.29 bits per heavy atom. The van der Waals surface area contributed by atoms with Crippen molar-refractivity contribution in [2.45, 2.75) is 46.6 Å². The van der Waals surface area contributed by atoms with E-state index in [9.17, 15) is 4.39 Å². The van der Waals surface area contributed by atoms with Gasteiger partial charge < -0.3 is 5.32 Å². The maximum Gasteiger partial charge on any atom is 0.123 e. The van der Waals surface area contributed by atoms with Gasteiger partial charge in [-0.15, -0.1) is 0 Å². The van der Waals surface area contributed by atoms with Gasteiger partial charge in [0.1, 0.15) is 5.82 Å². The van der Waals surface area contributed by atoms with E-state index in [1.807, 2.05) is 13.0 Å². The molecule has 0 aliphatic carbocycles. The van der Waals surface area contributed by atoms with Gasteiger partial charge in [0, 0.05) is 6.04 Å². The van der Waals surface area contributed by atoms with E-state index in [2.05, 4.69) is 26.1 Å². The van der Waals surface area contributed by atoms with Crippen LogP contribution in [-0.2, 0) is 0 Å². The van der Waals surface area contributed by atoms with Crippen molar-refractivity contribution < 1.29 is 4.39 Å². The predicted octanol–water partition coefficient (Wildman–Crippen LogP) is 4.22. The third kappa shape index (κ3) is 3.53. The summed E-state index contributed by atoms with van der Waals surface area (Å²) in [5.74, 6) is 0.463. The molecule has 96 valence electrons. The van der Waals surface area contributed by atoms with Gasteiger partial charge in [-0.2, -0.15) is 0 Å². The first-order chi connectivity index (χ1) is 8.13. The minimum atomic E-state index is -0.147. The lowest BCUT2D eigenvalue weighted by molar-refractivity contribution is 0.345. The number of hydrogen-bond acceptors (Lipinski definition) is 1. The van der Waals surface area contributed by atoms with Crippen LogP contribution in [0.1, 0.15) is 50.8 Å². The number of rotatable bonds is 6. The summed E-state index contributed by atoms with van der Waals surface area (Å²) in [6.45, 7) is 9.49. The summed E-state index contributed by atoms with van der Waals surface area (Å²) in [5, 5.41) is 3.54. The molecule has 0 radical (unpaired) electrons. The highest BCUT2D eigenvalue weighted by Crippen LogP contribution is 2.29. The van der Waals surface area contributed by atoms with Crippen LogP contribution >= 0.6 is 0 Å². The second kappa shape index (κ2) is 6.75. The van der Waals surface area contributed by atoms with Gasteiger partial charge in [-0.05, 0) is 42.6 Å². The number of halogens is 1. The van der Waals surface area contributed by atoms with Gasteiger partial charge in [-0.25, -0.2) is 4.39 Å². The Kier molecular flexibility index (Phi) is 5.63. The van der Waals surface area contributed by atoms with Crippen molar-refractivity contribution >= 4 is 0 Å². The third-order valence-corrected chi connectivity index (χ3v) is 3.51. The second-order valence-electron chi connectivity index (χ2n) is 4.61. The van der Waals surface area contributed by atoms with Gasteiger partial charge >= 0.3 is 0 Å². The van der Waals surface area contributed by atoms with Crippen molar-refractivity contribution in [2.24, 2.45) is 5.92 Å². The van der Waals surface area contributed by atoms with E-state index in [0.717, 1.165) is 24.9 Å². The molecule has 0 aliphatic rings. The highest BCUT2D eigenvalue weighted by molar-refractivity contribution is 5.30. The fourth-order valence-electron chi connectivity index (χ4n) is 2.50. The van der Waals surface area contributed by atoms with Crippen molar-refractivity contribution in [2.75, 3.05) is 6.54 Å². The minimum absolute atomic E-state index is 0.147. The van der Waals surface area contributed by atoms with E-state index < -0.39 is 0 Å². The monoisotopic (exact) mass is 237 g/mol. The van der Waals surface area contributed by atoms with E-state index in [1.54, 1.807) is 12.1 Å². The molecule has 1 aromatic carbocycles. The van der Waals surface area contributed by atoms with Crippen LogP contribution in [0.15, 0.2) is 18.2 Å². The SMILES string of the molecule is CCNC(c1ccc(F)cc1C)C(CC)CC. The predicted molar refractivity (Wildman–Crippen MR) is 71.6 cm³/mol. The molecule has 0 saturated heterocycles. The van der Waals surface area contributed by atoms with Crippen LogP contribution in [0.5, 0.6) is 0 Å². The zero-order chi connectivity index (χ0) is 12.8. The molecular formula is C15H24FN. The summed E-state index contributed by atoms with van der Waals surface area (Å²) in [6, 6.07) is 5.46. The van der Waals surface area contributed by atoms with Gasteiger partial charge in [0.15, 0.2) is 0 Å². The zero-order valence-electron chi connectivity index (χ0n) is 11.4. The lowest BCUT2D eigenvalue weighted by Crippen LogP contribution is -2.28. The van der Waals surface area contributed by atoms with E-state index in [-0.39, 0.29) is 5.82 Å². The van der Waals surface area contributed by atoms with Gasteiger partial charge in [-0.3, -0.25) is 0 Å². The van der Waals surface area contributed by atoms with Crippen LogP contribution in [0.25, 0.3) is 0 Å². The molecule has 2 heteroatoms. The van der Waals surface area contributed by atoms with E-state index in [1.165, 1.54) is 5.56 Å². The number of hydrogen-bond donors (Lipinski definition) is 1. The molecule has 1 aromatic rings. The minimum Gasteiger partial charge on any atom is -0.310 e. The summed E-state index contributed by atoms with van der Waals surface area (Å²) in [5.41, 5.74) is 2.28. The van der Waals surface area contributed by atoms with Crippen LogP contribution < -0.4 is 5.32 Å². The molecule has 0 fully saturated rings. The second-order valence-corrected chi connectivity index (χ2v) is 4.61. The maximum atomic E-state index is 13.1. The Labute approximate surface area is 104 Å². The molecule has 0 bridgehead atoms. The van der Waals surface area contributed by atoms with Crippen LogP contribution in [0, 0.1) is 18.7 Å². The van der Waals surface area contributed by atoms with Crippen LogP contribution in [0.2, 0.25) is 0 Å². The molecule has 1 atom stereocenters. The molecule has 1 N–H and O–H groups in total. The van der Waals surface area contributed by atoms with Crippen LogP contribution in [0.3, 0.4) is 0 Å². The summed E-state index contributed by atoms with van der Waals surface area (Å²) >= 11 is 0. The normalized spacial score (nSPS) is 13.1. The van der Waals surface area contributed by atoms with Gasteiger partial charge in [0.2, 0.25) is 0 Å². The smallest absolute Gasteiger partial charge is 0.123 e. The largest absolute Gasteiger partial charge is 0.310 e. The molecule has 0 amide bonds. The highest BCUT2D eigenvalue weighted by Gasteiger charge is 2.20. The molecule has 0 aromatic heterocycles. The Balaban J connectivity index is 3.03. The Morgan fingerprint density at radius 2 is 1.82 bits per heavy atom. The summed E-state index contributed by atoms with van der Waals surface area (Å²) in [7, 11) is 0. The molecule has 1 nitrogen and oxygen atoms in total. The maximum absolute atomic E-state index is 13.1. The van der Waals surface area contributed by atoms with Gasteiger partial charge in [0.05, 0.1) is 0 Å². The molecule has 0 saturated carbocycles. The molecule has 0 heterocycles. The van der Waals surface area contributed by atoms with Crippen molar-refractivity contribution in [3.05, 3.63) is 35.1 Å². The molecule has 0 aliphatic heterocycles. The van der Waals surface area contributed by atoms with Crippen molar-refractivity contribution in [1.29, 1.82) is 0 Å². The Hall–Kier alpha value is -0.890.